The van der Waals surface area contributed by atoms with Crippen LogP contribution in [0.4, 0.5) is 0 Å². The lowest BCUT2D eigenvalue weighted by molar-refractivity contribution is 0.0662. The number of hydrogen-bond donors (Lipinski definition) is 0. The number of carbonyl (C=O) groups excluding carboxylic acids is 1. The lowest BCUT2D eigenvalue weighted by atomic mass is 9.97. The monoisotopic (exact) mass is 334 g/mol. The van der Waals surface area contributed by atoms with Crippen molar-refractivity contribution < 1.29 is 4.79 Å². The van der Waals surface area contributed by atoms with Gasteiger partial charge in [0, 0.05) is 49.2 Å². The van der Waals surface area contributed by atoms with Crippen LogP contribution in [0.1, 0.15) is 29.0 Å². The van der Waals surface area contributed by atoms with Gasteiger partial charge in [0.15, 0.2) is 0 Å². The van der Waals surface area contributed by atoms with Crippen LogP contribution in [0, 0.1) is 12.8 Å². The van der Waals surface area contributed by atoms with E-state index in [1.54, 1.807) is 6.20 Å². The van der Waals surface area contributed by atoms with Crippen molar-refractivity contribution in [2.24, 2.45) is 5.92 Å². The van der Waals surface area contributed by atoms with Crippen molar-refractivity contribution in [2.45, 2.75) is 26.3 Å². The van der Waals surface area contributed by atoms with E-state index in [9.17, 15) is 4.79 Å². The summed E-state index contributed by atoms with van der Waals surface area (Å²) in [6.07, 6.45) is 7.84. The Hall–Kier alpha value is -2.69. The van der Waals surface area contributed by atoms with E-state index in [4.69, 9.17) is 0 Å². The quantitative estimate of drug-likeness (QED) is 0.738. The number of imidazole rings is 1. The molecule has 2 aromatic heterocycles. The van der Waals surface area contributed by atoms with Crippen molar-refractivity contribution in [2.75, 3.05) is 13.1 Å². The van der Waals surface area contributed by atoms with Crippen LogP contribution in [0.2, 0.25) is 0 Å². The number of carbonyl (C=O) groups is 1. The van der Waals surface area contributed by atoms with Gasteiger partial charge < -0.3 is 9.47 Å². The molecule has 4 rings (SSSR count). The molecule has 0 aliphatic carbocycles. The molecular weight excluding hydrogens is 312 g/mol. The first kappa shape index (κ1) is 15.8. The second-order valence-electron chi connectivity index (χ2n) is 6.80. The van der Waals surface area contributed by atoms with E-state index >= 15 is 0 Å². The number of fused-ring (bicyclic) bond motifs is 1. The number of amides is 1. The summed E-state index contributed by atoms with van der Waals surface area (Å²) in [6, 6.07) is 9.68. The Morgan fingerprint density at radius 3 is 3.00 bits per heavy atom. The van der Waals surface area contributed by atoms with E-state index < -0.39 is 0 Å². The number of aryl methyl sites for hydroxylation is 1. The van der Waals surface area contributed by atoms with E-state index in [0.29, 0.717) is 5.92 Å². The highest BCUT2D eigenvalue weighted by molar-refractivity contribution is 5.98. The fourth-order valence-corrected chi connectivity index (χ4v) is 3.66. The van der Waals surface area contributed by atoms with Gasteiger partial charge in [0.25, 0.3) is 5.91 Å². The van der Waals surface area contributed by atoms with Crippen LogP contribution < -0.4 is 0 Å². The van der Waals surface area contributed by atoms with Crippen molar-refractivity contribution in [1.82, 2.24) is 19.4 Å². The molecule has 3 heterocycles. The first-order valence-electron chi connectivity index (χ1n) is 8.82. The zero-order valence-corrected chi connectivity index (χ0v) is 14.4. The van der Waals surface area contributed by atoms with E-state index in [2.05, 4.69) is 14.5 Å². The third-order valence-corrected chi connectivity index (χ3v) is 5.03. The Morgan fingerprint density at radius 1 is 1.24 bits per heavy atom. The van der Waals surface area contributed by atoms with Crippen LogP contribution in [0.5, 0.6) is 0 Å². The van der Waals surface area contributed by atoms with Gasteiger partial charge in [0.1, 0.15) is 5.82 Å². The summed E-state index contributed by atoms with van der Waals surface area (Å²) in [6.45, 7) is 4.59. The predicted octanol–water partition coefficient (Wildman–Crippen LogP) is 3.29. The average molecular weight is 334 g/mol. The van der Waals surface area contributed by atoms with Gasteiger partial charge in [-0.15, -0.1) is 0 Å². The average Bonchev–Trinajstić information content (AvgIpc) is 3.05. The summed E-state index contributed by atoms with van der Waals surface area (Å²) in [7, 11) is 0. The molecule has 0 N–H and O–H groups in total. The number of benzene rings is 1. The Kier molecular flexibility index (Phi) is 4.22. The van der Waals surface area contributed by atoms with Gasteiger partial charge in [-0.3, -0.25) is 9.78 Å². The second kappa shape index (κ2) is 6.67. The second-order valence-corrected chi connectivity index (χ2v) is 6.80. The van der Waals surface area contributed by atoms with Gasteiger partial charge in [0.05, 0.1) is 5.52 Å². The van der Waals surface area contributed by atoms with Gasteiger partial charge in [-0.25, -0.2) is 4.98 Å². The standard InChI is InChI=1S/C20H22N4O/c1-15-21-9-11-23(15)13-16-4-3-10-24(14-16)20(25)18-6-7-19-17(12-18)5-2-8-22-19/h2,5-9,11-12,16H,3-4,10,13-14H2,1H3/t16-/m0/s1. The minimum absolute atomic E-state index is 0.123. The summed E-state index contributed by atoms with van der Waals surface area (Å²) in [4.78, 5) is 23.6. The SMILES string of the molecule is Cc1nccn1C[C@@H]1CCCN(C(=O)c2ccc3ncccc3c2)C1. The fraction of sp³-hybridized carbons (Fsp3) is 0.350. The van der Waals surface area contributed by atoms with Crippen molar-refractivity contribution in [3.05, 3.63) is 60.3 Å². The number of piperidine rings is 1. The molecule has 1 aliphatic heterocycles. The van der Waals surface area contributed by atoms with Gasteiger partial charge >= 0.3 is 0 Å². The Balaban J connectivity index is 1.49. The number of pyridine rings is 1. The van der Waals surface area contributed by atoms with Crippen LogP contribution in [0.15, 0.2) is 48.9 Å². The smallest absolute Gasteiger partial charge is 0.253 e. The minimum atomic E-state index is 0.123. The molecular formula is C20H22N4O. The molecule has 0 bridgehead atoms. The summed E-state index contributed by atoms with van der Waals surface area (Å²) < 4.78 is 2.18. The molecule has 0 spiro atoms. The van der Waals surface area contributed by atoms with Gasteiger partial charge in [0.2, 0.25) is 0 Å². The number of aromatic nitrogens is 3. The number of hydrogen-bond acceptors (Lipinski definition) is 3. The molecule has 0 radical (unpaired) electrons. The minimum Gasteiger partial charge on any atom is -0.338 e. The lowest BCUT2D eigenvalue weighted by Gasteiger charge is -2.33. The molecule has 5 nitrogen and oxygen atoms in total. The van der Waals surface area contributed by atoms with Gasteiger partial charge in [-0.1, -0.05) is 6.07 Å². The van der Waals surface area contributed by atoms with Crippen LogP contribution >= 0.6 is 0 Å². The van der Waals surface area contributed by atoms with Crippen LogP contribution in [-0.4, -0.2) is 38.4 Å². The highest BCUT2D eigenvalue weighted by atomic mass is 16.2. The molecule has 0 unspecified atom stereocenters. The number of likely N-dealkylation sites (tertiary alicyclic amines) is 1. The summed E-state index contributed by atoms with van der Waals surface area (Å²) in [5.74, 6) is 1.64. The Labute approximate surface area is 147 Å². The van der Waals surface area contributed by atoms with E-state index in [1.165, 1.54) is 0 Å². The third kappa shape index (κ3) is 3.27. The molecule has 1 aliphatic rings. The zero-order chi connectivity index (χ0) is 17.2. The number of rotatable bonds is 3. The first-order chi connectivity index (χ1) is 12.2. The van der Waals surface area contributed by atoms with Crippen molar-refractivity contribution in [1.29, 1.82) is 0 Å². The van der Waals surface area contributed by atoms with Gasteiger partial charge in [-0.05, 0) is 49.9 Å². The fourth-order valence-electron chi connectivity index (χ4n) is 3.66. The molecule has 1 amide bonds. The molecule has 128 valence electrons. The van der Waals surface area contributed by atoms with Crippen molar-refractivity contribution in [3.8, 4) is 0 Å². The zero-order valence-electron chi connectivity index (χ0n) is 14.4. The highest BCUT2D eigenvalue weighted by Gasteiger charge is 2.25. The largest absolute Gasteiger partial charge is 0.338 e. The molecule has 1 aromatic carbocycles. The van der Waals surface area contributed by atoms with E-state index in [1.807, 2.05) is 54.5 Å². The number of nitrogens with zero attached hydrogens (tertiary/aromatic N) is 4. The summed E-state index contributed by atoms with van der Waals surface area (Å²) in [5.41, 5.74) is 1.67. The predicted molar refractivity (Wildman–Crippen MR) is 97.3 cm³/mol. The molecule has 1 fully saturated rings. The van der Waals surface area contributed by atoms with Crippen LogP contribution in [0.3, 0.4) is 0 Å². The molecule has 3 aromatic rings. The van der Waals surface area contributed by atoms with Gasteiger partial charge in [-0.2, -0.15) is 0 Å². The molecule has 1 saturated heterocycles. The summed E-state index contributed by atoms with van der Waals surface area (Å²) in [5, 5.41) is 1.01. The normalized spacial score (nSPS) is 17.8. The van der Waals surface area contributed by atoms with Crippen molar-refractivity contribution in [3.63, 3.8) is 0 Å². The molecule has 5 heteroatoms. The van der Waals surface area contributed by atoms with Crippen LogP contribution in [0.25, 0.3) is 10.9 Å². The molecule has 25 heavy (non-hydrogen) atoms. The third-order valence-electron chi connectivity index (χ3n) is 5.03. The topological polar surface area (TPSA) is 51.0 Å². The Bertz CT molecular complexity index is 901. The molecule has 0 saturated carbocycles. The van der Waals surface area contributed by atoms with E-state index in [-0.39, 0.29) is 5.91 Å². The Morgan fingerprint density at radius 2 is 2.16 bits per heavy atom. The summed E-state index contributed by atoms with van der Waals surface area (Å²) >= 11 is 0. The highest BCUT2D eigenvalue weighted by Crippen LogP contribution is 2.22. The maximum atomic E-state index is 12.9. The van der Waals surface area contributed by atoms with E-state index in [0.717, 1.165) is 54.8 Å². The van der Waals surface area contributed by atoms with Crippen molar-refractivity contribution >= 4 is 16.8 Å². The maximum Gasteiger partial charge on any atom is 0.253 e. The molecule has 1 atom stereocenters. The lowest BCUT2D eigenvalue weighted by Crippen LogP contribution is -2.41. The maximum absolute atomic E-state index is 12.9. The van der Waals surface area contributed by atoms with Crippen LogP contribution in [-0.2, 0) is 6.54 Å². The first-order valence-corrected chi connectivity index (χ1v) is 8.82.